The van der Waals surface area contributed by atoms with Gasteiger partial charge in [0.15, 0.2) is 0 Å². The standard InChI is InChI=1S/C13H16N2O/c1-10(2)16-13-6-4-5-12(7-13)15-8-11(3)14-9-15/h4-10H,1-3H3. The van der Waals surface area contributed by atoms with E-state index in [0.717, 1.165) is 17.1 Å². The molecular formula is C13H16N2O. The molecule has 1 aromatic carbocycles. The zero-order valence-electron chi connectivity index (χ0n) is 9.84. The van der Waals surface area contributed by atoms with Crippen LogP contribution in [0.25, 0.3) is 5.69 Å². The number of hydrogen-bond donors (Lipinski definition) is 0. The largest absolute Gasteiger partial charge is 0.491 e. The summed E-state index contributed by atoms with van der Waals surface area (Å²) in [4.78, 5) is 4.21. The van der Waals surface area contributed by atoms with E-state index in [1.165, 1.54) is 0 Å². The summed E-state index contributed by atoms with van der Waals surface area (Å²) in [6.07, 6.45) is 4.00. The molecule has 1 heterocycles. The van der Waals surface area contributed by atoms with Crippen molar-refractivity contribution < 1.29 is 4.74 Å². The van der Waals surface area contributed by atoms with Crippen LogP contribution in [0, 0.1) is 6.92 Å². The lowest BCUT2D eigenvalue weighted by Crippen LogP contribution is -2.05. The molecule has 0 spiro atoms. The molecule has 0 amide bonds. The molecule has 0 N–H and O–H groups in total. The Kier molecular flexibility index (Phi) is 2.95. The molecule has 0 fully saturated rings. The Morgan fingerprint density at radius 1 is 1.31 bits per heavy atom. The van der Waals surface area contributed by atoms with E-state index in [2.05, 4.69) is 4.98 Å². The van der Waals surface area contributed by atoms with Gasteiger partial charge < -0.3 is 9.30 Å². The second-order valence-corrected chi connectivity index (χ2v) is 4.09. The number of benzene rings is 1. The molecular weight excluding hydrogens is 200 g/mol. The number of hydrogen-bond acceptors (Lipinski definition) is 2. The van der Waals surface area contributed by atoms with Gasteiger partial charge in [-0.2, -0.15) is 0 Å². The molecule has 0 atom stereocenters. The van der Waals surface area contributed by atoms with Gasteiger partial charge in [-0.1, -0.05) is 6.07 Å². The molecule has 0 aliphatic heterocycles. The summed E-state index contributed by atoms with van der Waals surface area (Å²) >= 11 is 0. The summed E-state index contributed by atoms with van der Waals surface area (Å²) in [6.45, 7) is 6.02. The van der Waals surface area contributed by atoms with Crippen LogP contribution in [0.4, 0.5) is 0 Å². The van der Waals surface area contributed by atoms with Gasteiger partial charge in [0.25, 0.3) is 0 Å². The molecule has 0 aliphatic rings. The molecule has 0 aliphatic carbocycles. The molecule has 3 nitrogen and oxygen atoms in total. The highest BCUT2D eigenvalue weighted by atomic mass is 16.5. The fraction of sp³-hybridized carbons (Fsp3) is 0.308. The SMILES string of the molecule is Cc1cn(-c2cccc(OC(C)C)c2)cn1. The van der Waals surface area contributed by atoms with Gasteiger partial charge in [0.05, 0.1) is 23.8 Å². The Morgan fingerprint density at radius 3 is 2.75 bits per heavy atom. The number of imidazole rings is 1. The highest BCUT2D eigenvalue weighted by Gasteiger charge is 2.01. The third-order valence-corrected chi connectivity index (χ3v) is 2.20. The van der Waals surface area contributed by atoms with Crippen LogP contribution in [-0.4, -0.2) is 15.7 Å². The lowest BCUT2D eigenvalue weighted by Gasteiger charge is -2.11. The lowest BCUT2D eigenvalue weighted by atomic mass is 10.3. The van der Waals surface area contributed by atoms with Crippen molar-refractivity contribution in [3.05, 3.63) is 42.5 Å². The van der Waals surface area contributed by atoms with Gasteiger partial charge in [-0.25, -0.2) is 4.98 Å². The number of aryl methyl sites for hydroxylation is 1. The summed E-state index contributed by atoms with van der Waals surface area (Å²) in [5.41, 5.74) is 2.08. The Bertz CT molecular complexity index is 474. The Balaban J connectivity index is 2.28. The first-order valence-electron chi connectivity index (χ1n) is 5.43. The monoisotopic (exact) mass is 216 g/mol. The number of nitrogens with zero attached hydrogens (tertiary/aromatic N) is 2. The van der Waals surface area contributed by atoms with Gasteiger partial charge in [0.1, 0.15) is 5.75 Å². The first-order valence-corrected chi connectivity index (χ1v) is 5.43. The van der Waals surface area contributed by atoms with E-state index in [-0.39, 0.29) is 6.10 Å². The van der Waals surface area contributed by atoms with Crippen molar-refractivity contribution in [1.29, 1.82) is 0 Å². The minimum Gasteiger partial charge on any atom is -0.491 e. The summed E-state index contributed by atoms with van der Waals surface area (Å²) in [5.74, 6) is 0.888. The van der Waals surface area contributed by atoms with Gasteiger partial charge in [-0.3, -0.25) is 0 Å². The smallest absolute Gasteiger partial charge is 0.121 e. The van der Waals surface area contributed by atoms with Crippen molar-refractivity contribution in [3.63, 3.8) is 0 Å². The topological polar surface area (TPSA) is 27.1 Å². The molecule has 16 heavy (non-hydrogen) atoms. The maximum absolute atomic E-state index is 5.65. The van der Waals surface area contributed by atoms with Crippen LogP contribution in [0.2, 0.25) is 0 Å². The van der Waals surface area contributed by atoms with Crippen LogP contribution in [0.3, 0.4) is 0 Å². The molecule has 2 rings (SSSR count). The van der Waals surface area contributed by atoms with Gasteiger partial charge >= 0.3 is 0 Å². The number of aromatic nitrogens is 2. The summed E-state index contributed by atoms with van der Waals surface area (Å²) in [6, 6.07) is 8.01. The molecule has 0 bridgehead atoms. The first kappa shape index (κ1) is 10.7. The van der Waals surface area contributed by atoms with Gasteiger partial charge in [-0.15, -0.1) is 0 Å². The maximum atomic E-state index is 5.65. The molecule has 84 valence electrons. The summed E-state index contributed by atoms with van der Waals surface area (Å²) in [7, 11) is 0. The van der Waals surface area contributed by atoms with Crippen LogP contribution in [0.15, 0.2) is 36.8 Å². The van der Waals surface area contributed by atoms with Crippen LogP contribution in [0.1, 0.15) is 19.5 Å². The first-order chi connectivity index (χ1) is 7.65. The molecule has 2 aromatic rings. The highest BCUT2D eigenvalue weighted by Crippen LogP contribution is 2.18. The number of rotatable bonds is 3. The van der Waals surface area contributed by atoms with E-state index in [9.17, 15) is 0 Å². The van der Waals surface area contributed by atoms with Crippen molar-refractivity contribution in [2.75, 3.05) is 0 Å². The Morgan fingerprint density at radius 2 is 2.12 bits per heavy atom. The third kappa shape index (κ3) is 2.42. The highest BCUT2D eigenvalue weighted by molar-refractivity contribution is 5.39. The Labute approximate surface area is 95.7 Å². The molecule has 0 unspecified atom stereocenters. The van der Waals surface area contributed by atoms with E-state index >= 15 is 0 Å². The Hall–Kier alpha value is -1.77. The average Bonchev–Trinajstić information content (AvgIpc) is 2.64. The lowest BCUT2D eigenvalue weighted by molar-refractivity contribution is 0.242. The van der Waals surface area contributed by atoms with E-state index in [4.69, 9.17) is 4.74 Å². The van der Waals surface area contributed by atoms with Crippen LogP contribution >= 0.6 is 0 Å². The minimum atomic E-state index is 0.194. The minimum absolute atomic E-state index is 0.194. The van der Waals surface area contributed by atoms with E-state index in [1.54, 1.807) is 0 Å². The molecule has 0 saturated carbocycles. The summed E-state index contributed by atoms with van der Waals surface area (Å²) in [5, 5.41) is 0. The fourth-order valence-corrected chi connectivity index (χ4v) is 1.55. The summed E-state index contributed by atoms with van der Waals surface area (Å²) < 4.78 is 7.64. The zero-order chi connectivity index (χ0) is 11.5. The van der Waals surface area contributed by atoms with Crippen molar-refractivity contribution in [2.45, 2.75) is 26.9 Å². The van der Waals surface area contributed by atoms with Crippen molar-refractivity contribution in [1.82, 2.24) is 9.55 Å². The fourth-order valence-electron chi connectivity index (χ4n) is 1.55. The van der Waals surface area contributed by atoms with Crippen molar-refractivity contribution in [2.24, 2.45) is 0 Å². The van der Waals surface area contributed by atoms with Crippen LogP contribution < -0.4 is 4.74 Å². The quantitative estimate of drug-likeness (QED) is 0.788. The van der Waals surface area contributed by atoms with E-state index < -0.39 is 0 Å². The molecule has 3 heteroatoms. The predicted molar refractivity (Wildman–Crippen MR) is 64.1 cm³/mol. The normalized spacial score (nSPS) is 10.8. The second kappa shape index (κ2) is 4.39. The molecule has 0 saturated heterocycles. The third-order valence-electron chi connectivity index (χ3n) is 2.20. The molecule has 1 aromatic heterocycles. The maximum Gasteiger partial charge on any atom is 0.121 e. The average molecular weight is 216 g/mol. The van der Waals surface area contributed by atoms with Gasteiger partial charge in [-0.05, 0) is 32.9 Å². The molecule has 0 radical (unpaired) electrons. The van der Waals surface area contributed by atoms with Crippen molar-refractivity contribution in [3.8, 4) is 11.4 Å². The zero-order valence-corrected chi connectivity index (χ0v) is 9.84. The van der Waals surface area contributed by atoms with E-state index in [1.807, 2.05) is 62.1 Å². The second-order valence-electron chi connectivity index (χ2n) is 4.09. The van der Waals surface area contributed by atoms with Gasteiger partial charge in [0, 0.05) is 12.3 Å². The van der Waals surface area contributed by atoms with E-state index in [0.29, 0.717) is 0 Å². The van der Waals surface area contributed by atoms with Crippen LogP contribution in [0.5, 0.6) is 5.75 Å². The van der Waals surface area contributed by atoms with Crippen LogP contribution in [-0.2, 0) is 0 Å². The van der Waals surface area contributed by atoms with Crippen molar-refractivity contribution >= 4 is 0 Å². The number of ether oxygens (including phenoxy) is 1. The van der Waals surface area contributed by atoms with Gasteiger partial charge in [0.2, 0.25) is 0 Å². The predicted octanol–water partition coefficient (Wildman–Crippen LogP) is 2.97.